The topological polar surface area (TPSA) is 59.1 Å². The third-order valence-corrected chi connectivity index (χ3v) is 9.58. The number of amides is 1. The van der Waals surface area contributed by atoms with Gasteiger partial charge in [0.2, 0.25) is 5.91 Å². The van der Waals surface area contributed by atoms with Crippen LogP contribution in [0.2, 0.25) is 0 Å². The molecule has 5 heteroatoms. The summed E-state index contributed by atoms with van der Waals surface area (Å²) in [6, 6.07) is 28.7. The number of aryl methyl sites for hydroxylation is 1. The number of hydrogen-bond donors (Lipinski definition) is 1. The predicted octanol–water partition coefficient (Wildman–Crippen LogP) is 7.25. The molecule has 2 bridgehead atoms. The molecule has 5 aromatic rings. The van der Waals surface area contributed by atoms with Gasteiger partial charge in [0.25, 0.3) is 0 Å². The van der Waals surface area contributed by atoms with Gasteiger partial charge in [-0.25, -0.2) is 4.98 Å². The monoisotopic (exact) mass is 514 g/mol. The smallest absolute Gasteiger partial charge is 0.233 e. The Bertz CT molecular complexity index is 1720. The number of thiazole rings is 1. The Morgan fingerprint density at radius 3 is 2.24 bits per heavy atom. The number of carbonyl (C=O) groups is 2. The zero-order chi connectivity index (χ0) is 26.1. The largest absolute Gasteiger partial charge is 0.302 e. The van der Waals surface area contributed by atoms with Gasteiger partial charge in [-0.1, -0.05) is 84.9 Å². The quantitative estimate of drug-likeness (QED) is 0.257. The number of carbonyl (C=O) groups excluding carboxylic acids is 2. The van der Waals surface area contributed by atoms with Crippen molar-refractivity contribution in [3.63, 3.8) is 0 Å². The fourth-order valence-corrected chi connectivity index (χ4v) is 7.61. The first kappa shape index (κ1) is 23.1. The summed E-state index contributed by atoms with van der Waals surface area (Å²) in [6.07, 6.45) is 1.57. The third-order valence-electron chi connectivity index (χ3n) is 8.83. The summed E-state index contributed by atoms with van der Waals surface area (Å²) in [5.41, 5.74) is 5.22. The molecule has 38 heavy (non-hydrogen) atoms. The summed E-state index contributed by atoms with van der Waals surface area (Å²) in [7, 11) is 0. The standard InChI is InChI=1S/C33H26N2O2S/c1-20-15-16-25(22-10-4-3-9-21(20)22)29-18-38-31(34-29)35-30(37)32(2)17-26-23-11-5-7-13-27(23)33(32,19-36)28-14-8-6-12-24(26)28/h3-16,18-19,26H,17H2,1-2H3,(H,34,35,37). The van der Waals surface area contributed by atoms with Crippen molar-refractivity contribution in [3.8, 4) is 11.3 Å². The lowest BCUT2D eigenvalue weighted by molar-refractivity contribution is -0.134. The molecule has 8 rings (SSSR count). The van der Waals surface area contributed by atoms with Gasteiger partial charge >= 0.3 is 0 Å². The van der Waals surface area contributed by atoms with Crippen molar-refractivity contribution in [1.82, 2.24) is 4.98 Å². The van der Waals surface area contributed by atoms with Crippen molar-refractivity contribution in [2.75, 3.05) is 5.32 Å². The first-order valence-corrected chi connectivity index (χ1v) is 13.8. The van der Waals surface area contributed by atoms with Gasteiger partial charge in [-0.05, 0) is 58.9 Å². The Kier molecular flexibility index (Phi) is 4.98. The third kappa shape index (κ3) is 2.94. The minimum absolute atomic E-state index is 0.0609. The molecule has 0 saturated heterocycles. The number of nitrogens with one attached hydrogen (secondary N) is 1. The van der Waals surface area contributed by atoms with Crippen LogP contribution in [0.1, 0.15) is 47.1 Å². The minimum Gasteiger partial charge on any atom is -0.302 e. The van der Waals surface area contributed by atoms with E-state index in [1.165, 1.54) is 22.3 Å². The Morgan fingerprint density at radius 1 is 0.921 bits per heavy atom. The molecule has 4 nitrogen and oxygen atoms in total. The van der Waals surface area contributed by atoms with Crippen molar-refractivity contribution >= 4 is 39.4 Å². The van der Waals surface area contributed by atoms with Crippen LogP contribution in [0.25, 0.3) is 22.0 Å². The van der Waals surface area contributed by atoms with E-state index in [4.69, 9.17) is 4.98 Å². The van der Waals surface area contributed by atoms with Gasteiger partial charge in [-0.15, -0.1) is 11.3 Å². The normalized spacial score (nSPS) is 23.1. The van der Waals surface area contributed by atoms with E-state index < -0.39 is 10.8 Å². The first-order chi connectivity index (χ1) is 18.5. The number of fused-ring (bicyclic) bond motifs is 2. The average molecular weight is 515 g/mol. The van der Waals surface area contributed by atoms with Gasteiger partial charge < -0.3 is 10.1 Å². The number of benzene rings is 4. The van der Waals surface area contributed by atoms with E-state index in [0.29, 0.717) is 11.6 Å². The highest BCUT2D eigenvalue weighted by Crippen LogP contribution is 2.63. The second-order valence-corrected chi connectivity index (χ2v) is 11.5. The summed E-state index contributed by atoms with van der Waals surface area (Å²) in [4.78, 5) is 32.2. The SMILES string of the molecule is Cc1ccc(-c2csc(NC(=O)C3(C)CC4c5ccccc5C3(C=O)c3ccccc34)n2)c2ccccc12. The number of hydrogen-bond acceptors (Lipinski definition) is 4. The van der Waals surface area contributed by atoms with Gasteiger partial charge in [-0.3, -0.25) is 4.79 Å². The molecule has 1 heterocycles. The Morgan fingerprint density at radius 2 is 1.55 bits per heavy atom. The van der Waals surface area contributed by atoms with E-state index >= 15 is 0 Å². The van der Waals surface area contributed by atoms with Gasteiger partial charge in [-0.2, -0.15) is 0 Å². The summed E-state index contributed by atoms with van der Waals surface area (Å²) in [5, 5.41) is 7.98. The van der Waals surface area contributed by atoms with E-state index in [9.17, 15) is 9.59 Å². The van der Waals surface area contributed by atoms with E-state index in [2.05, 4.69) is 48.6 Å². The van der Waals surface area contributed by atoms with Crippen LogP contribution in [0.5, 0.6) is 0 Å². The lowest BCUT2D eigenvalue weighted by atomic mass is 9.44. The van der Waals surface area contributed by atoms with E-state index in [1.54, 1.807) is 0 Å². The van der Waals surface area contributed by atoms with Crippen LogP contribution in [0.4, 0.5) is 5.13 Å². The van der Waals surface area contributed by atoms with Gasteiger partial charge in [0.05, 0.1) is 16.5 Å². The molecule has 0 aliphatic heterocycles. The van der Waals surface area contributed by atoms with Crippen LogP contribution < -0.4 is 5.32 Å². The molecule has 0 spiro atoms. The number of rotatable bonds is 4. The lowest BCUT2D eigenvalue weighted by Crippen LogP contribution is -2.59. The summed E-state index contributed by atoms with van der Waals surface area (Å²) in [6.45, 7) is 4.05. The molecule has 1 unspecified atom stereocenters. The fourth-order valence-electron chi connectivity index (χ4n) is 6.91. The molecule has 1 atom stereocenters. The molecular formula is C33H26N2O2S. The maximum Gasteiger partial charge on any atom is 0.233 e. The Labute approximate surface area is 225 Å². The van der Waals surface area contributed by atoms with Crippen LogP contribution in [-0.2, 0) is 15.0 Å². The molecule has 0 saturated carbocycles. The number of anilines is 1. The summed E-state index contributed by atoms with van der Waals surface area (Å²) in [5.74, 6) is -0.112. The van der Waals surface area contributed by atoms with Crippen LogP contribution in [0.3, 0.4) is 0 Å². The van der Waals surface area contributed by atoms with Crippen molar-refractivity contribution in [2.45, 2.75) is 31.6 Å². The van der Waals surface area contributed by atoms with Crippen molar-refractivity contribution in [1.29, 1.82) is 0 Å². The summed E-state index contributed by atoms with van der Waals surface area (Å²) < 4.78 is 0. The molecule has 186 valence electrons. The van der Waals surface area contributed by atoms with Gasteiger partial charge in [0, 0.05) is 16.9 Å². The Hall–Kier alpha value is -4.09. The van der Waals surface area contributed by atoms with Gasteiger partial charge in [0.15, 0.2) is 5.13 Å². The van der Waals surface area contributed by atoms with Crippen molar-refractivity contribution in [2.24, 2.45) is 5.41 Å². The molecule has 1 N–H and O–H groups in total. The van der Waals surface area contributed by atoms with E-state index in [-0.39, 0.29) is 11.8 Å². The van der Waals surface area contributed by atoms with Crippen molar-refractivity contribution in [3.05, 3.63) is 118 Å². The second kappa shape index (κ2) is 8.20. The number of nitrogens with zero attached hydrogens (tertiary/aromatic N) is 1. The van der Waals surface area contributed by atoms with E-state index in [0.717, 1.165) is 45.2 Å². The first-order valence-electron chi connectivity index (χ1n) is 12.9. The molecule has 3 aliphatic rings. The maximum absolute atomic E-state index is 14.2. The van der Waals surface area contributed by atoms with Crippen LogP contribution in [-0.4, -0.2) is 17.2 Å². The lowest BCUT2D eigenvalue weighted by Gasteiger charge is -2.56. The highest BCUT2D eigenvalue weighted by Gasteiger charge is 2.64. The molecule has 4 aromatic carbocycles. The molecule has 0 fully saturated rings. The Balaban J connectivity index is 1.29. The predicted molar refractivity (Wildman–Crippen MR) is 153 cm³/mol. The van der Waals surface area contributed by atoms with Crippen LogP contribution in [0, 0.1) is 12.3 Å². The summed E-state index contributed by atoms with van der Waals surface area (Å²) >= 11 is 1.41. The fraction of sp³-hybridized carbons (Fsp3) is 0.182. The number of aromatic nitrogens is 1. The van der Waals surface area contributed by atoms with E-state index in [1.807, 2.05) is 60.8 Å². The molecular weight excluding hydrogens is 488 g/mol. The van der Waals surface area contributed by atoms with Crippen LogP contribution in [0.15, 0.2) is 90.3 Å². The van der Waals surface area contributed by atoms with Crippen LogP contribution >= 0.6 is 11.3 Å². The molecule has 0 radical (unpaired) electrons. The molecule has 1 amide bonds. The second-order valence-electron chi connectivity index (χ2n) is 10.7. The number of aldehydes is 1. The molecule has 3 aliphatic carbocycles. The molecule has 1 aromatic heterocycles. The highest BCUT2D eigenvalue weighted by atomic mass is 32.1. The maximum atomic E-state index is 14.2. The minimum atomic E-state index is -1.06. The van der Waals surface area contributed by atoms with Gasteiger partial charge in [0.1, 0.15) is 6.29 Å². The average Bonchev–Trinajstić information content (AvgIpc) is 3.42. The highest BCUT2D eigenvalue weighted by molar-refractivity contribution is 7.14. The zero-order valence-corrected chi connectivity index (χ0v) is 22.0. The van der Waals surface area contributed by atoms with Crippen molar-refractivity contribution < 1.29 is 9.59 Å². The zero-order valence-electron chi connectivity index (χ0n) is 21.2.